The van der Waals surface area contributed by atoms with Gasteiger partial charge in [0.25, 0.3) is 0 Å². The molecule has 25 heavy (non-hydrogen) atoms. The maximum absolute atomic E-state index is 10.5. The molecule has 0 aliphatic rings. The Balaban J connectivity index is 2.08. The van der Waals surface area contributed by atoms with Gasteiger partial charge in [0.2, 0.25) is 5.88 Å². The molecule has 0 radical (unpaired) electrons. The van der Waals surface area contributed by atoms with Crippen molar-refractivity contribution in [3.05, 3.63) is 53.7 Å². The summed E-state index contributed by atoms with van der Waals surface area (Å²) in [6.45, 7) is 2.78. The van der Waals surface area contributed by atoms with Gasteiger partial charge in [0.15, 0.2) is 0 Å². The van der Waals surface area contributed by atoms with Gasteiger partial charge >= 0.3 is 0 Å². The highest BCUT2D eigenvalue weighted by molar-refractivity contribution is 6.33. The van der Waals surface area contributed by atoms with E-state index in [1.54, 1.807) is 4.57 Å². The molecule has 0 atom stereocenters. The van der Waals surface area contributed by atoms with Crippen LogP contribution < -0.4 is 5.73 Å². The highest BCUT2D eigenvalue weighted by atomic mass is 35.5. The molecule has 0 aliphatic heterocycles. The summed E-state index contributed by atoms with van der Waals surface area (Å²) < 4.78 is 1.79. The second-order valence-electron chi connectivity index (χ2n) is 6.11. The van der Waals surface area contributed by atoms with Gasteiger partial charge in [-0.3, -0.25) is 0 Å². The number of aryl methyl sites for hydroxylation is 1. The number of halogens is 1. The zero-order valence-electron chi connectivity index (χ0n) is 13.8. The number of aromatic hydroxyl groups is 1. The van der Waals surface area contributed by atoms with Gasteiger partial charge in [0.05, 0.1) is 22.1 Å². The van der Waals surface area contributed by atoms with E-state index < -0.39 is 0 Å². The average Bonchev–Trinajstić information content (AvgIpc) is 2.92. The lowest BCUT2D eigenvalue weighted by Crippen LogP contribution is -1.94. The number of aromatic nitrogens is 2. The predicted octanol–water partition coefficient (Wildman–Crippen LogP) is 5.21. The van der Waals surface area contributed by atoms with E-state index in [1.807, 2.05) is 48.7 Å². The zero-order valence-corrected chi connectivity index (χ0v) is 14.6. The second-order valence-corrected chi connectivity index (χ2v) is 6.52. The molecule has 4 rings (SSSR count). The van der Waals surface area contributed by atoms with E-state index >= 15 is 0 Å². The molecule has 126 valence electrons. The maximum atomic E-state index is 10.5. The van der Waals surface area contributed by atoms with Gasteiger partial charge in [-0.25, -0.2) is 4.98 Å². The number of nitrogens with two attached hydrogens (primary N) is 1. The maximum Gasteiger partial charge on any atom is 0.202 e. The topological polar surface area (TPSA) is 64.1 Å². The van der Waals surface area contributed by atoms with Gasteiger partial charge in [0, 0.05) is 34.3 Å². The summed E-state index contributed by atoms with van der Waals surface area (Å²) in [4.78, 5) is 4.80. The highest BCUT2D eigenvalue weighted by Gasteiger charge is 2.17. The fourth-order valence-corrected chi connectivity index (χ4v) is 3.56. The van der Waals surface area contributed by atoms with E-state index in [0.717, 1.165) is 35.0 Å². The number of nitrogens with zero attached hydrogens (tertiary/aromatic N) is 2. The molecule has 0 fully saturated rings. The minimum atomic E-state index is 0.173. The van der Waals surface area contributed by atoms with Gasteiger partial charge in [-0.1, -0.05) is 54.9 Å². The monoisotopic (exact) mass is 351 g/mol. The molecule has 2 aromatic carbocycles. The van der Waals surface area contributed by atoms with E-state index in [9.17, 15) is 5.11 Å². The van der Waals surface area contributed by atoms with Crippen molar-refractivity contribution in [2.45, 2.75) is 19.9 Å². The highest BCUT2D eigenvalue weighted by Crippen LogP contribution is 2.40. The molecule has 4 nitrogen and oxygen atoms in total. The van der Waals surface area contributed by atoms with Crippen molar-refractivity contribution in [1.82, 2.24) is 9.55 Å². The Morgan fingerprint density at radius 2 is 1.88 bits per heavy atom. The molecule has 0 saturated heterocycles. The number of nitrogen functional groups attached to an aromatic ring is 1. The van der Waals surface area contributed by atoms with Gasteiger partial charge in [-0.2, -0.15) is 0 Å². The van der Waals surface area contributed by atoms with Crippen molar-refractivity contribution >= 4 is 39.1 Å². The summed E-state index contributed by atoms with van der Waals surface area (Å²) in [6.07, 6.45) is 2.77. The lowest BCUT2D eigenvalue weighted by molar-refractivity contribution is 0.421. The van der Waals surface area contributed by atoms with Crippen molar-refractivity contribution in [2.24, 2.45) is 0 Å². The van der Waals surface area contributed by atoms with E-state index in [1.165, 1.54) is 0 Å². The number of benzene rings is 2. The average molecular weight is 352 g/mol. The number of hydrogen-bond donors (Lipinski definition) is 2. The number of pyridine rings is 1. The van der Waals surface area contributed by atoms with Crippen molar-refractivity contribution in [3.63, 3.8) is 0 Å². The Hall–Kier alpha value is -2.72. The molecule has 0 bridgehead atoms. The summed E-state index contributed by atoms with van der Waals surface area (Å²) in [6, 6.07) is 13.5. The Morgan fingerprint density at radius 1 is 1.12 bits per heavy atom. The van der Waals surface area contributed by atoms with Crippen LogP contribution in [-0.4, -0.2) is 14.7 Å². The minimum Gasteiger partial charge on any atom is -0.494 e. The van der Waals surface area contributed by atoms with Crippen LogP contribution in [0.5, 0.6) is 5.88 Å². The summed E-state index contributed by atoms with van der Waals surface area (Å²) in [5.41, 5.74) is 10.3. The van der Waals surface area contributed by atoms with E-state index in [-0.39, 0.29) is 5.88 Å². The van der Waals surface area contributed by atoms with Gasteiger partial charge in [-0.05, 0) is 12.5 Å². The van der Waals surface area contributed by atoms with Crippen molar-refractivity contribution in [1.29, 1.82) is 0 Å². The second kappa shape index (κ2) is 5.97. The first-order chi connectivity index (χ1) is 12.1. The quantitative estimate of drug-likeness (QED) is 0.532. The van der Waals surface area contributed by atoms with Gasteiger partial charge in [-0.15, -0.1) is 0 Å². The largest absolute Gasteiger partial charge is 0.494 e. The normalized spacial score (nSPS) is 11.4. The third-order valence-electron chi connectivity index (χ3n) is 4.49. The summed E-state index contributed by atoms with van der Waals surface area (Å²) in [7, 11) is 0. The van der Waals surface area contributed by atoms with E-state index in [2.05, 4.69) is 6.92 Å². The molecule has 3 N–H and O–H groups in total. The fourth-order valence-electron chi connectivity index (χ4n) is 3.32. The Bertz CT molecular complexity index is 1100. The standard InChI is InChI=1S/C20H18ClN3O/c1-2-10-24-11-16-17(20(24)25)18(22)14-8-5-7-13(19(14)23-16)12-6-3-4-9-15(12)21/h3-9,11,25H,2,10,22H2,1H3. The molecule has 2 aromatic heterocycles. The molecule has 0 saturated carbocycles. The third-order valence-corrected chi connectivity index (χ3v) is 4.82. The number of anilines is 1. The SMILES string of the molecule is CCCn1cc2nc3c(-c4ccccc4Cl)cccc3c(N)c2c1O. The van der Waals surface area contributed by atoms with Crippen LogP contribution >= 0.6 is 11.6 Å². The van der Waals surface area contributed by atoms with Gasteiger partial charge in [0.1, 0.15) is 0 Å². The molecule has 0 amide bonds. The Kier molecular flexibility index (Phi) is 3.77. The van der Waals surface area contributed by atoms with Crippen molar-refractivity contribution in [3.8, 4) is 17.0 Å². The molecule has 4 aromatic rings. The first kappa shape index (κ1) is 15.8. The van der Waals surface area contributed by atoms with Crippen LogP contribution in [0.25, 0.3) is 32.9 Å². The van der Waals surface area contributed by atoms with Crippen LogP contribution in [0.15, 0.2) is 48.7 Å². The van der Waals surface area contributed by atoms with E-state index in [0.29, 0.717) is 21.6 Å². The number of rotatable bonds is 3. The summed E-state index contributed by atoms with van der Waals surface area (Å²) >= 11 is 6.38. The predicted molar refractivity (Wildman–Crippen MR) is 104 cm³/mol. The molecular formula is C20H18ClN3O. The first-order valence-corrected chi connectivity index (χ1v) is 8.64. The molecule has 0 unspecified atom stereocenters. The lowest BCUT2D eigenvalue weighted by Gasteiger charge is -2.10. The fraction of sp³-hybridized carbons (Fsp3) is 0.150. The van der Waals surface area contributed by atoms with Gasteiger partial charge < -0.3 is 15.4 Å². The van der Waals surface area contributed by atoms with Crippen molar-refractivity contribution in [2.75, 3.05) is 5.73 Å². The summed E-state index contributed by atoms with van der Waals surface area (Å²) in [5.74, 6) is 0.173. The smallest absolute Gasteiger partial charge is 0.202 e. The lowest BCUT2D eigenvalue weighted by atomic mass is 10.0. The summed E-state index contributed by atoms with van der Waals surface area (Å²) in [5, 5.41) is 12.6. The molecule has 0 spiro atoms. The first-order valence-electron chi connectivity index (χ1n) is 8.26. The van der Waals surface area contributed by atoms with Crippen LogP contribution in [0.2, 0.25) is 5.02 Å². The van der Waals surface area contributed by atoms with Crippen LogP contribution in [0.4, 0.5) is 5.69 Å². The molecular weight excluding hydrogens is 334 g/mol. The zero-order chi connectivity index (χ0) is 17.6. The van der Waals surface area contributed by atoms with Crippen LogP contribution in [0.3, 0.4) is 0 Å². The van der Waals surface area contributed by atoms with Crippen molar-refractivity contribution < 1.29 is 5.11 Å². The number of hydrogen-bond acceptors (Lipinski definition) is 3. The Labute approximate surface area is 150 Å². The van der Waals surface area contributed by atoms with E-state index in [4.69, 9.17) is 22.3 Å². The Morgan fingerprint density at radius 3 is 2.64 bits per heavy atom. The molecule has 0 aliphatic carbocycles. The van der Waals surface area contributed by atoms with Crippen LogP contribution in [0.1, 0.15) is 13.3 Å². The van der Waals surface area contributed by atoms with Crippen LogP contribution in [0, 0.1) is 0 Å². The molecule has 2 heterocycles. The third kappa shape index (κ3) is 2.41. The number of fused-ring (bicyclic) bond motifs is 2. The molecule has 5 heteroatoms. The van der Waals surface area contributed by atoms with Crippen LogP contribution in [-0.2, 0) is 6.54 Å². The minimum absolute atomic E-state index is 0.173. The number of para-hydroxylation sites is 1.